The van der Waals surface area contributed by atoms with Gasteiger partial charge < -0.3 is 15.4 Å². The Hall–Kier alpha value is -1.55. The second-order valence-electron chi connectivity index (χ2n) is 6.46. The number of rotatable bonds is 8. The third-order valence-corrected chi connectivity index (χ3v) is 3.76. The monoisotopic (exact) mass is 306 g/mol. The average Bonchev–Trinajstić information content (AvgIpc) is 2.45. The molecule has 0 bridgehead atoms. The highest BCUT2D eigenvalue weighted by atomic mass is 16.5. The standard InChI is InChI=1S/C18H30N2O2/c1-13(2)16(19)10-11-20(5)18(21)12-15-8-6-7-9-17(15)22-14(3)4/h6-9,13-14,16H,10-12,19H2,1-5H3. The van der Waals surface area contributed by atoms with Gasteiger partial charge in [0.05, 0.1) is 12.5 Å². The van der Waals surface area contributed by atoms with Gasteiger partial charge in [-0.05, 0) is 32.3 Å². The topological polar surface area (TPSA) is 55.6 Å². The molecule has 1 unspecified atom stereocenters. The Morgan fingerprint density at radius 3 is 2.45 bits per heavy atom. The van der Waals surface area contributed by atoms with E-state index in [2.05, 4.69) is 13.8 Å². The highest BCUT2D eigenvalue weighted by Gasteiger charge is 2.15. The molecule has 0 radical (unpaired) electrons. The molecule has 0 aliphatic carbocycles. The van der Waals surface area contributed by atoms with Gasteiger partial charge >= 0.3 is 0 Å². The van der Waals surface area contributed by atoms with Gasteiger partial charge in [-0.1, -0.05) is 32.0 Å². The number of benzene rings is 1. The largest absolute Gasteiger partial charge is 0.491 e. The van der Waals surface area contributed by atoms with Gasteiger partial charge in [0.1, 0.15) is 5.75 Å². The Morgan fingerprint density at radius 2 is 1.86 bits per heavy atom. The number of hydrogen-bond donors (Lipinski definition) is 1. The lowest BCUT2D eigenvalue weighted by molar-refractivity contribution is -0.129. The Balaban J connectivity index is 2.61. The number of likely N-dealkylation sites (N-methyl/N-ethyl adjacent to an activating group) is 1. The Kier molecular flexibility index (Phi) is 7.39. The molecule has 1 aromatic rings. The smallest absolute Gasteiger partial charge is 0.226 e. The molecule has 0 saturated carbocycles. The molecule has 124 valence electrons. The summed E-state index contributed by atoms with van der Waals surface area (Å²) >= 11 is 0. The first-order valence-electron chi connectivity index (χ1n) is 8.05. The maximum atomic E-state index is 12.4. The number of nitrogens with two attached hydrogens (primary N) is 1. The average molecular weight is 306 g/mol. The molecule has 0 aliphatic rings. The number of carbonyl (C=O) groups is 1. The molecule has 0 spiro atoms. The molecule has 0 heterocycles. The van der Waals surface area contributed by atoms with Crippen LogP contribution < -0.4 is 10.5 Å². The summed E-state index contributed by atoms with van der Waals surface area (Å²) in [6.07, 6.45) is 1.28. The quantitative estimate of drug-likeness (QED) is 0.803. The number of carbonyl (C=O) groups excluding carboxylic acids is 1. The summed E-state index contributed by atoms with van der Waals surface area (Å²) in [5.74, 6) is 1.32. The zero-order valence-corrected chi connectivity index (χ0v) is 14.5. The molecule has 1 amide bonds. The Labute approximate surface area is 134 Å². The van der Waals surface area contributed by atoms with Crippen molar-refractivity contribution in [2.24, 2.45) is 11.7 Å². The van der Waals surface area contributed by atoms with E-state index in [0.717, 1.165) is 17.7 Å². The minimum absolute atomic E-state index is 0.0933. The molecule has 1 rings (SSSR count). The van der Waals surface area contributed by atoms with Crippen molar-refractivity contribution in [3.05, 3.63) is 29.8 Å². The fourth-order valence-corrected chi connectivity index (χ4v) is 2.12. The fourth-order valence-electron chi connectivity index (χ4n) is 2.12. The predicted molar refractivity (Wildman–Crippen MR) is 91.0 cm³/mol. The molecule has 0 saturated heterocycles. The maximum Gasteiger partial charge on any atom is 0.226 e. The number of ether oxygens (including phenoxy) is 1. The zero-order valence-electron chi connectivity index (χ0n) is 14.5. The van der Waals surface area contributed by atoms with Crippen molar-refractivity contribution in [1.82, 2.24) is 4.90 Å². The van der Waals surface area contributed by atoms with Crippen molar-refractivity contribution in [2.45, 2.75) is 52.7 Å². The van der Waals surface area contributed by atoms with Crippen LogP contribution in [0.5, 0.6) is 5.75 Å². The highest BCUT2D eigenvalue weighted by Crippen LogP contribution is 2.20. The molecule has 22 heavy (non-hydrogen) atoms. The fraction of sp³-hybridized carbons (Fsp3) is 0.611. The summed E-state index contributed by atoms with van der Waals surface area (Å²) in [6.45, 7) is 8.86. The van der Waals surface area contributed by atoms with Crippen molar-refractivity contribution < 1.29 is 9.53 Å². The lowest BCUT2D eigenvalue weighted by Gasteiger charge is -2.22. The van der Waals surface area contributed by atoms with Crippen LogP contribution in [-0.2, 0) is 11.2 Å². The van der Waals surface area contributed by atoms with Gasteiger partial charge in [0.25, 0.3) is 0 Å². The van der Waals surface area contributed by atoms with Crippen LogP contribution in [0, 0.1) is 5.92 Å². The minimum Gasteiger partial charge on any atom is -0.491 e. The van der Waals surface area contributed by atoms with E-state index in [1.165, 1.54) is 0 Å². The van der Waals surface area contributed by atoms with E-state index in [0.29, 0.717) is 18.9 Å². The third kappa shape index (κ3) is 6.06. The van der Waals surface area contributed by atoms with E-state index >= 15 is 0 Å². The molecular formula is C18H30N2O2. The summed E-state index contributed by atoms with van der Waals surface area (Å²) in [7, 11) is 1.83. The lowest BCUT2D eigenvalue weighted by atomic mass is 10.0. The maximum absolute atomic E-state index is 12.4. The predicted octanol–water partition coefficient (Wildman–Crippen LogP) is 2.85. The first kappa shape index (κ1) is 18.5. The molecule has 0 aromatic heterocycles. The molecule has 1 aromatic carbocycles. The summed E-state index contributed by atoms with van der Waals surface area (Å²) in [5, 5.41) is 0. The summed E-state index contributed by atoms with van der Waals surface area (Å²) in [5.41, 5.74) is 6.97. The van der Waals surface area contributed by atoms with Gasteiger partial charge in [-0.2, -0.15) is 0 Å². The number of hydrogen-bond acceptors (Lipinski definition) is 3. The molecule has 0 fully saturated rings. The minimum atomic E-state index is 0.0933. The second-order valence-corrected chi connectivity index (χ2v) is 6.46. The van der Waals surface area contributed by atoms with Crippen LogP contribution in [0.3, 0.4) is 0 Å². The van der Waals surface area contributed by atoms with Crippen LogP contribution in [0.4, 0.5) is 0 Å². The van der Waals surface area contributed by atoms with Gasteiger partial charge in [0, 0.05) is 25.2 Å². The van der Waals surface area contributed by atoms with Gasteiger partial charge in [0.15, 0.2) is 0 Å². The molecule has 0 aliphatic heterocycles. The van der Waals surface area contributed by atoms with Gasteiger partial charge in [-0.15, -0.1) is 0 Å². The highest BCUT2D eigenvalue weighted by molar-refractivity contribution is 5.79. The summed E-state index contributed by atoms with van der Waals surface area (Å²) in [4.78, 5) is 14.1. The molecule has 4 heteroatoms. The van der Waals surface area contributed by atoms with E-state index in [-0.39, 0.29) is 18.1 Å². The van der Waals surface area contributed by atoms with Crippen LogP contribution in [0.2, 0.25) is 0 Å². The van der Waals surface area contributed by atoms with Crippen LogP contribution in [0.1, 0.15) is 39.7 Å². The van der Waals surface area contributed by atoms with Crippen LogP contribution >= 0.6 is 0 Å². The zero-order chi connectivity index (χ0) is 16.7. The van der Waals surface area contributed by atoms with Crippen molar-refractivity contribution in [3.63, 3.8) is 0 Å². The number of para-hydroxylation sites is 1. The number of amides is 1. The first-order valence-corrected chi connectivity index (χ1v) is 8.05. The van der Waals surface area contributed by atoms with Crippen molar-refractivity contribution in [1.29, 1.82) is 0 Å². The Bertz CT molecular complexity index is 472. The number of nitrogens with zero attached hydrogens (tertiary/aromatic N) is 1. The van der Waals surface area contributed by atoms with Crippen LogP contribution in [0.15, 0.2) is 24.3 Å². The summed E-state index contributed by atoms with van der Waals surface area (Å²) in [6, 6.07) is 7.86. The normalized spacial score (nSPS) is 12.5. The van der Waals surface area contributed by atoms with E-state index in [9.17, 15) is 4.79 Å². The van der Waals surface area contributed by atoms with E-state index in [1.807, 2.05) is 45.2 Å². The van der Waals surface area contributed by atoms with Gasteiger partial charge in [0.2, 0.25) is 5.91 Å². The molecule has 4 nitrogen and oxygen atoms in total. The van der Waals surface area contributed by atoms with Crippen LogP contribution in [0.25, 0.3) is 0 Å². The molecule has 1 atom stereocenters. The van der Waals surface area contributed by atoms with E-state index in [4.69, 9.17) is 10.5 Å². The van der Waals surface area contributed by atoms with Gasteiger partial charge in [-0.25, -0.2) is 0 Å². The molecule has 2 N–H and O–H groups in total. The van der Waals surface area contributed by atoms with Crippen LogP contribution in [-0.4, -0.2) is 36.5 Å². The first-order chi connectivity index (χ1) is 10.3. The SMILES string of the molecule is CC(C)Oc1ccccc1CC(=O)N(C)CCC(N)C(C)C. The third-order valence-electron chi connectivity index (χ3n) is 3.76. The summed E-state index contributed by atoms with van der Waals surface area (Å²) < 4.78 is 5.76. The van der Waals surface area contributed by atoms with Crippen molar-refractivity contribution >= 4 is 5.91 Å². The lowest BCUT2D eigenvalue weighted by Crippen LogP contribution is -2.35. The van der Waals surface area contributed by atoms with E-state index in [1.54, 1.807) is 4.90 Å². The van der Waals surface area contributed by atoms with Gasteiger partial charge in [-0.3, -0.25) is 4.79 Å². The van der Waals surface area contributed by atoms with E-state index < -0.39 is 0 Å². The Morgan fingerprint density at radius 1 is 1.23 bits per heavy atom. The van der Waals surface area contributed by atoms with Crippen molar-refractivity contribution in [2.75, 3.05) is 13.6 Å². The second kappa shape index (κ2) is 8.79. The van der Waals surface area contributed by atoms with Crippen molar-refractivity contribution in [3.8, 4) is 5.75 Å². The molecular weight excluding hydrogens is 276 g/mol.